The van der Waals surface area contributed by atoms with Gasteiger partial charge in [-0.05, 0) is 49.6 Å². The van der Waals surface area contributed by atoms with Crippen molar-refractivity contribution in [2.75, 3.05) is 13.1 Å². The third-order valence-electron chi connectivity index (χ3n) is 4.55. The number of aryl methyl sites for hydroxylation is 1. The molecule has 1 atom stereocenters. The average molecular weight is 261 g/mol. The second kappa shape index (κ2) is 3.75. The zero-order valence-corrected chi connectivity index (χ0v) is 11.3. The van der Waals surface area contributed by atoms with Crippen molar-refractivity contribution in [2.24, 2.45) is 0 Å². The van der Waals surface area contributed by atoms with Crippen LogP contribution in [-0.2, 0) is 6.42 Å². The molecule has 1 N–H and O–H groups in total. The summed E-state index contributed by atoms with van der Waals surface area (Å²) in [6.45, 7) is 4.57. The molecule has 1 aromatic carbocycles. The van der Waals surface area contributed by atoms with Crippen LogP contribution in [0.3, 0.4) is 0 Å². The van der Waals surface area contributed by atoms with Gasteiger partial charge in [0.25, 0.3) is 0 Å². The standard InChI is InChI=1S/C15H17ClN2/c1-9-7-10-13(8-11(9)16)17-12-4-6-18-5-2-3-14(18)15(10)12/h7-8,14,17H,2-6H2,1H3. The lowest BCUT2D eigenvalue weighted by atomic mass is 9.95. The normalized spacial score (nSPS) is 23.3. The van der Waals surface area contributed by atoms with E-state index in [1.807, 2.05) is 0 Å². The maximum atomic E-state index is 6.23. The SMILES string of the molecule is Cc1cc2c3c([nH]c2cc1Cl)CCN1CCCC31. The van der Waals surface area contributed by atoms with Gasteiger partial charge in [0, 0.05) is 40.6 Å². The molecule has 1 saturated heterocycles. The smallest absolute Gasteiger partial charge is 0.0474 e. The van der Waals surface area contributed by atoms with Gasteiger partial charge in [0.15, 0.2) is 0 Å². The van der Waals surface area contributed by atoms with Crippen LogP contribution < -0.4 is 0 Å². The quantitative estimate of drug-likeness (QED) is 0.763. The van der Waals surface area contributed by atoms with Crippen LogP contribution in [-0.4, -0.2) is 23.0 Å². The summed E-state index contributed by atoms with van der Waals surface area (Å²) < 4.78 is 0. The first-order valence-corrected chi connectivity index (χ1v) is 7.16. The molecule has 3 heterocycles. The van der Waals surface area contributed by atoms with E-state index < -0.39 is 0 Å². The van der Waals surface area contributed by atoms with E-state index in [-0.39, 0.29) is 0 Å². The van der Waals surface area contributed by atoms with E-state index in [0.717, 1.165) is 11.4 Å². The fourth-order valence-corrected chi connectivity index (χ4v) is 3.82. The van der Waals surface area contributed by atoms with Crippen molar-refractivity contribution in [1.82, 2.24) is 9.88 Å². The first-order chi connectivity index (χ1) is 8.74. The van der Waals surface area contributed by atoms with Gasteiger partial charge >= 0.3 is 0 Å². The molecule has 2 nitrogen and oxygen atoms in total. The van der Waals surface area contributed by atoms with Gasteiger partial charge in [0.1, 0.15) is 0 Å². The molecular formula is C15H17ClN2. The lowest BCUT2D eigenvalue weighted by Crippen LogP contribution is -2.30. The monoisotopic (exact) mass is 260 g/mol. The zero-order chi connectivity index (χ0) is 12.3. The van der Waals surface area contributed by atoms with E-state index in [0.29, 0.717) is 6.04 Å². The molecule has 94 valence electrons. The van der Waals surface area contributed by atoms with E-state index in [9.17, 15) is 0 Å². The number of aromatic amines is 1. The number of nitrogens with one attached hydrogen (secondary N) is 1. The summed E-state index contributed by atoms with van der Waals surface area (Å²) in [5, 5.41) is 2.26. The van der Waals surface area contributed by atoms with Gasteiger partial charge in [0.05, 0.1) is 0 Å². The maximum absolute atomic E-state index is 6.23. The molecule has 1 unspecified atom stereocenters. The molecule has 2 aliphatic rings. The molecule has 0 aliphatic carbocycles. The molecule has 1 fully saturated rings. The highest BCUT2D eigenvalue weighted by Crippen LogP contribution is 2.42. The second-order valence-electron chi connectivity index (χ2n) is 5.61. The van der Waals surface area contributed by atoms with Crippen molar-refractivity contribution >= 4 is 22.5 Å². The number of aromatic nitrogens is 1. The van der Waals surface area contributed by atoms with Crippen molar-refractivity contribution in [3.8, 4) is 0 Å². The van der Waals surface area contributed by atoms with E-state index in [2.05, 4.69) is 28.9 Å². The molecule has 0 bridgehead atoms. The van der Waals surface area contributed by atoms with E-state index >= 15 is 0 Å². The first-order valence-electron chi connectivity index (χ1n) is 6.78. The number of H-pyrrole nitrogens is 1. The second-order valence-corrected chi connectivity index (χ2v) is 6.02. The Morgan fingerprint density at radius 2 is 2.22 bits per heavy atom. The van der Waals surface area contributed by atoms with Crippen LogP contribution in [0.25, 0.3) is 10.9 Å². The third-order valence-corrected chi connectivity index (χ3v) is 4.95. The summed E-state index contributed by atoms with van der Waals surface area (Å²) in [5.74, 6) is 0. The number of benzene rings is 1. The van der Waals surface area contributed by atoms with Gasteiger partial charge < -0.3 is 4.98 Å². The van der Waals surface area contributed by atoms with E-state index in [1.165, 1.54) is 48.1 Å². The lowest BCUT2D eigenvalue weighted by molar-refractivity contribution is 0.244. The number of hydrogen-bond donors (Lipinski definition) is 1. The topological polar surface area (TPSA) is 19.0 Å². The Kier molecular flexibility index (Phi) is 2.27. The van der Waals surface area contributed by atoms with Crippen molar-refractivity contribution in [1.29, 1.82) is 0 Å². The minimum absolute atomic E-state index is 0.642. The van der Waals surface area contributed by atoms with Gasteiger partial charge in [-0.25, -0.2) is 0 Å². The minimum atomic E-state index is 0.642. The van der Waals surface area contributed by atoms with Gasteiger partial charge in [-0.3, -0.25) is 4.90 Å². The predicted octanol–water partition coefficient (Wildman–Crippen LogP) is 3.82. The molecule has 18 heavy (non-hydrogen) atoms. The number of nitrogens with zero attached hydrogens (tertiary/aromatic N) is 1. The molecule has 4 rings (SSSR count). The molecule has 0 amide bonds. The van der Waals surface area contributed by atoms with Crippen LogP contribution in [0, 0.1) is 6.92 Å². The van der Waals surface area contributed by atoms with Crippen molar-refractivity contribution in [3.63, 3.8) is 0 Å². The van der Waals surface area contributed by atoms with Gasteiger partial charge in [0.2, 0.25) is 0 Å². The summed E-state index contributed by atoms with van der Waals surface area (Å²) in [5.41, 5.74) is 5.38. The van der Waals surface area contributed by atoms with Crippen LogP contribution in [0.4, 0.5) is 0 Å². The summed E-state index contributed by atoms with van der Waals surface area (Å²) in [6, 6.07) is 4.99. The summed E-state index contributed by atoms with van der Waals surface area (Å²) in [7, 11) is 0. The van der Waals surface area contributed by atoms with Crippen LogP contribution in [0.1, 0.15) is 35.7 Å². The van der Waals surface area contributed by atoms with Crippen LogP contribution in [0.15, 0.2) is 12.1 Å². The van der Waals surface area contributed by atoms with Crippen molar-refractivity contribution in [2.45, 2.75) is 32.2 Å². The lowest BCUT2D eigenvalue weighted by Gasteiger charge is -2.29. The molecule has 1 aromatic heterocycles. The van der Waals surface area contributed by atoms with Crippen molar-refractivity contribution < 1.29 is 0 Å². The Morgan fingerprint density at radius 3 is 3.11 bits per heavy atom. The fraction of sp³-hybridized carbons (Fsp3) is 0.467. The summed E-state index contributed by atoms with van der Waals surface area (Å²) in [4.78, 5) is 6.22. The third kappa shape index (κ3) is 1.39. The summed E-state index contributed by atoms with van der Waals surface area (Å²) in [6.07, 6.45) is 3.79. The van der Waals surface area contributed by atoms with E-state index in [4.69, 9.17) is 11.6 Å². The van der Waals surface area contributed by atoms with Gasteiger partial charge in [-0.1, -0.05) is 11.6 Å². The molecule has 2 aromatic rings. The molecule has 3 heteroatoms. The minimum Gasteiger partial charge on any atom is -0.358 e. The number of halogens is 1. The highest BCUT2D eigenvalue weighted by atomic mass is 35.5. The van der Waals surface area contributed by atoms with Crippen LogP contribution in [0.2, 0.25) is 5.02 Å². The Labute approximate surface area is 112 Å². The zero-order valence-electron chi connectivity index (χ0n) is 10.6. The first kappa shape index (κ1) is 10.9. The molecular weight excluding hydrogens is 244 g/mol. The Morgan fingerprint density at radius 1 is 1.33 bits per heavy atom. The van der Waals surface area contributed by atoms with Gasteiger partial charge in [-0.15, -0.1) is 0 Å². The van der Waals surface area contributed by atoms with Crippen LogP contribution in [0.5, 0.6) is 0 Å². The highest BCUT2D eigenvalue weighted by Gasteiger charge is 2.33. The largest absolute Gasteiger partial charge is 0.358 e. The predicted molar refractivity (Wildman–Crippen MR) is 75.3 cm³/mol. The van der Waals surface area contributed by atoms with Crippen molar-refractivity contribution in [3.05, 3.63) is 34.0 Å². The highest BCUT2D eigenvalue weighted by molar-refractivity contribution is 6.32. The Hall–Kier alpha value is -0.990. The maximum Gasteiger partial charge on any atom is 0.0474 e. The molecule has 0 radical (unpaired) electrons. The number of rotatable bonds is 0. The van der Waals surface area contributed by atoms with E-state index in [1.54, 1.807) is 5.56 Å². The number of hydrogen-bond acceptors (Lipinski definition) is 1. The molecule has 0 saturated carbocycles. The number of fused-ring (bicyclic) bond motifs is 5. The average Bonchev–Trinajstić information content (AvgIpc) is 2.92. The Bertz CT molecular complexity index is 629. The molecule has 2 aliphatic heterocycles. The Balaban J connectivity index is 1.99. The van der Waals surface area contributed by atoms with Crippen LogP contribution >= 0.6 is 11.6 Å². The summed E-state index contributed by atoms with van der Waals surface area (Å²) >= 11 is 6.23. The fourth-order valence-electron chi connectivity index (χ4n) is 3.65. The molecule has 0 spiro atoms. The van der Waals surface area contributed by atoms with Gasteiger partial charge in [-0.2, -0.15) is 0 Å².